The first kappa shape index (κ1) is 45.3. The largest absolute Gasteiger partial charge is 1.00 e. The van der Waals surface area contributed by atoms with Crippen LogP contribution in [-0.4, -0.2) is 74.5 Å². The van der Waals surface area contributed by atoms with Crippen molar-refractivity contribution in [3.8, 4) is 11.5 Å². The predicted molar refractivity (Wildman–Crippen MR) is 214 cm³/mol. The topological polar surface area (TPSA) is 18.5 Å². The Morgan fingerprint density at radius 3 is 0.962 bits per heavy atom. The molecule has 0 atom stereocenters. The molecule has 6 heteroatoms. The Morgan fingerprint density at radius 2 is 0.673 bits per heavy atom. The molecule has 0 radical (unpaired) electrons. The van der Waals surface area contributed by atoms with Crippen LogP contribution >= 0.6 is 0 Å². The van der Waals surface area contributed by atoms with Crippen molar-refractivity contribution in [2.75, 3.05) is 65.6 Å². The molecule has 4 aromatic carbocycles. The third-order valence-electron chi connectivity index (χ3n) is 11.3. The van der Waals surface area contributed by atoms with Crippen LogP contribution in [0.5, 0.6) is 11.5 Å². The second kappa shape index (κ2) is 23.7. The van der Waals surface area contributed by atoms with Gasteiger partial charge in [-0.25, -0.2) is 0 Å². The highest BCUT2D eigenvalue weighted by molar-refractivity contribution is 6.04. The van der Waals surface area contributed by atoms with Crippen molar-refractivity contribution in [1.29, 1.82) is 0 Å². The number of nitrogens with zero attached hydrogens (tertiary/aromatic N) is 2. The van der Waals surface area contributed by atoms with Crippen molar-refractivity contribution in [2.45, 2.75) is 67.2 Å². The summed E-state index contributed by atoms with van der Waals surface area (Å²) in [5, 5.41) is 0. The summed E-state index contributed by atoms with van der Waals surface area (Å²) in [5.74, 6) is 1.85. The Hall–Kier alpha value is -2.90. The molecular formula is C46H64Br2N2O2. The molecule has 0 amide bonds. The molecule has 0 aliphatic heterocycles. The number of benzene rings is 4. The lowest BCUT2D eigenvalue weighted by Crippen LogP contribution is -3.00. The zero-order valence-corrected chi connectivity index (χ0v) is 35.9. The van der Waals surface area contributed by atoms with Crippen LogP contribution in [0.4, 0.5) is 0 Å². The molecule has 4 nitrogen and oxygen atoms in total. The Morgan fingerprint density at radius 1 is 0.385 bits per heavy atom. The number of hydrogen-bond acceptors (Lipinski definition) is 2. The number of quaternary nitrogens is 2. The Bertz CT molecular complexity index is 1410. The van der Waals surface area contributed by atoms with Crippen LogP contribution in [0.3, 0.4) is 0 Å². The average Bonchev–Trinajstić information content (AvgIpc) is 3.18. The predicted octanol–water partition coefficient (Wildman–Crippen LogP) is 4.77. The van der Waals surface area contributed by atoms with Gasteiger partial charge < -0.3 is 52.4 Å². The second-order valence-electron chi connectivity index (χ2n) is 13.7. The van der Waals surface area contributed by atoms with E-state index in [0.717, 1.165) is 37.6 Å². The zero-order chi connectivity index (χ0) is 35.7. The van der Waals surface area contributed by atoms with Gasteiger partial charge in [0, 0.05) is 0 Å². The standard InChI is InChI=1S/C46H64N2O2.2BrH/c1-7-47(8-2,9-3)35-19-21-37-49-43-31-27-41(28-32-43)45(39-23-15-13-16-24-39)46(40-25-17-14-18-26-40)42-29-33-44(34-30-42)50-38-22-20-36-48(10-4,11-5)12-6;;/h13-18,23-34H,7-12,19-22,35-38H2,1-6H3;2*1H/q+2;;/p-2/b46-45+;;. The summed E-state index contributed by atoms with van der Waals surface area (Å²) in [4.78, 5) is 0. The van der Waals surface area contributed by atoms with Crippen LogP contribution in [0.2, 0.25) is 0 Å². The van der Waals surface area contributed by atoms with Gasteiger partial charge in [-0.15, -0.1) is 0 Å². The zero-order valence-electron chi connectivity index (χ0n) is 32.8. The van der Waals surface area contributed by atoms with Crippen LogP contribution in [-0.2, 0) is 0 Å². The smallest absolute Gasteiger partial charge is 0.119 e. The third kappa shape index (κ3) is 12.6. The van der Waals surface area contributed by atoms with E-state index in [0.29, 0.717) is 0 Å². The number of hydrogen-bond donors (Lipinski definition) is 0. The molecule has 4 rings (SSSR count). The maximum Gasteiger partial charge on any atom is 0.119 e. The van der Waals surface area contributed by atoms with Gasteiger partial charge >= 0.3 is 0 Å². The summed E-state index contributed by atoms with van der Waals surface area (Å²) in [6.07, 6.45) is 4.53. The van der Waals surface area contributed by atoms with Crippen LogP contribution in [0.1, 0.15) is 89.5 Å². The Balaban J connectivity index is 0.00000468. The second-order valence-corrected chi connectivity index (χ2v) is 13.7. The van der Waals surface area contributed by atoms with E-state index in [9.17, 15) is 0 Å². The maximum absolute atomic E-state index is 6.25. The number of halogens is 2. The number of ether oxygens (including phenoxy) is 2. The monoisotopic (exact) mass is 834 g/mol. The average molecular weight is 837 g/mol. The van der Waals surface area contributed by atoms with Gasteiger partial charge in [-0.3, -0.25) is 0 Å². The number of unbranched alkanes of at least 4 members (excludes halogenated alkanes) is 2. The quantitative estimate of drug-likeness (QED) is 0.0646. The third-order valence-corrected chi connectivity index (χ3v) is 11.3. The lowest BCUT2D eigenvalue weighted by Gasteiger charge is -2.35. The van der Waals surface area contributed by atoms with Crippen molar-refractivity contribution < 1.29 is 52.4 Å². The molecule has 0 heterocycles. The first-order valence-corrected chi connectivity index (χ1v) is 19.5. The van der Waals surface area contributed by atoms with E-state index >= 15 is 0 Å². The van der Waals surface area contributed by atoms with E-state index in [1.165, 1.54) is 108 Å². The van der Waals surface area contributed by atoms with E-state index < -0.39 is 0 Å². The molecule has 0 spiro atoms. The highest BCUT2D eigenvalue weighted by Crippen LogP contribution is 2.38. The van der Waals surface area contributed by atoms with Gasteiger partial charge in [0.15, 0.2) is 0 Å². The summed E-state index contributed by atoms with van der Waals surface area (Å²) in [6, 6.07) is 38.9. The minimum Gasteiger partial charge on any atom is -1.00 e. The molecule has 0 N–H and O–H groups in total. The minimum absolute atomic E-state index is 0. The number of rotatable bonds is 22. The molecule has 0 saturated heterocycles. The molecule has 0 fully saturated rings. The van der Waals surface area contributed by atoms with Crippen LogP contribution < -0.4 is 43.4 Å². The van der Waals surface area contributed by atoms with Crippen molar-refractivity contribution in [1.82, 2.24) is 0 Å². The fraction of sp³-hybridized carbons (Fsp3) is 0.435. The highest BCUT2D eigenvalue weighted by atomic mass is 79.9. The molecule has 0 saturated carbocycles. The molecule has 0 unspecified atom stereocenters. The van der Waals surface area contributed by atoms with E-state index in [1.54, 1.807) is 0 Å². The molecule has 0 bridgehead atoms. The van der Waals surface area contributed by atoms with Crippen LogP contribution in [0.15, 0.2) is 109 Å². The maximum atomic E-state index is 6.25. The lowest BCUT2D eigenvalue weighted by atomic mass is 9.86. The lowest BCUT2D eigenvalue weighted by molar-refractivity contribution is -0.923. The van der Waals surface area contributed by atoms with Gasteiger partial charge in [-0.2, -0.15) is 0 Å². The normalized spacial score (nSPS) is 12.0. The molecule has 52 heavy (non-hydrogen) atoms. The van der Waals surface area contributed by atoms with Crippen molar-refractivity contribution in [3.05, 3.63) is 131 Å². The Kier molecular flexibility index (Phi) is 20.6. The molecule has 0 aliphatic rings. The van der Waals surface area contributed by atoms with Crippen LogP contribution in [0, 0.1) is 0 Å². The van der Waals surface area contributed by atoms with Crippen LogP contribution in [0.25, 0.3) is 11.1 Å². The van der Waals surface area contributed by atoms with E-state index in [1.807, 2.05) is 0 Å². The van der Waals surface area contributed by atoms with Crippen molar-refractivity contribution >= 4 is 11.1 Å². The molecule has 284 valence electrons. The van der Waals surface area contributed by atoms with E-state index in [4.69, 9.17) is 9.47 Å². The van der Waals surface area contributed by atoms with Crippen molar-refractivity contribution in [3.63, 3.8) is 0 Å². The van der Waals surface area contributed by atoms with Crippen molar-refractivity contribution in [2.24, 2.45) is 0 Å². The fourth-order valence-corrected chi connectivity index (χ4v) is 7.32. The summed E-state index contributed by atoms with van der Waals surface area (Å²) in [5.41, 5.74) is 7.11. The summed E-state index contributed by atoms with van der Waals surface area (Å²) >= 11 is 0. The van der Waals surface area contributed by atoms with E-state index in [-0.39, 0.29) is 34.0 Å². The van der Waals surface area contributed by atoms with Gasteiger partial charge in [0.2, 0.25) is 0 Å². The SMILES string of the molecule is CC[N+](CC)(CC)CCCCOc1ccc(/C(=C(\c2ccccc2)c2ccc(OCCCC[N+](CC)(CC)CC)cc2)c2ccccc2)cc1.[Br-].[Br-]. The molecule has 0 aromatic heterocycles. The molecule has 0 aliphatic carbocycles. The van der Waals surface area contributed by atoms with Gasteiger partial charge in [-0.1, -0.05) is 84.9 Å². The first-order chi connectivity index (χ1) is 24.5. The summed E-state index contributed by atoms with van der Waals surface area (Å²) in [6.45, 7) is 25.0. The molecular weight excluding hydrogens is 772 g/mol. The minimum atomic E-state index is 0. The highest BCUT2D eigenvalue weighted by Gasteiger charge is 2.21. The van der Waals surface area contributed by atoms with Gasteiger partial charge in [0.25, 0.3) is 0 Å². The fourth-order valence-electron chi connectivity index (χ4n) is 7.32. The van der Waals surface area contributed by atoms with Gasteiger partial charge in [0.05, 0.1) is 65.6 Å². The Labute approximate surface area is 337 Å². The summed E-state index contributed by atoms with van der Waals surface area (Å²) in [7, 11) is 0. The summed E-state index contributed by atoms with van der Waals surface area (Å²) < 4.78 is 14.9. The van der Waals surface area contributed by atoms with E-state index in [2.05, 4.69) is 151 Å². The van der Waals surface area contributed by atoms with Gasteiger partial charge in [-0.05, 0) is 125 Å². The first-order valence-electron chi connectivity index (χ1n) is 19.5. The molecule has 4 aromatic rings. The van der Waals surface area contributed by atoms with Gasteiger partial charge in [0.1, 0.15) is 11.5 Å².